The molecule has 3 aromatic rings. The molecular formula is C46H64N6O7S. The monoisotopic (exact) mass is 844 g/mol. The standard InChI is InChI=1S/C46H64N6O7S/c1-33(2)27-41-48-38(31-60-41)45(56)51-23-26-59-46(32-51)16-20-50(21-17-46)29-35-8-6-7-34(28-35)14-24-57-25-15-42(55)52(37-9-4-3-5-10-37)22-19-47-18-13-36-11-12-39(53)43-44(36)58-30-40(54)49-43/h6-8,11-12,28,31,33,37,47,53H,3-5,9-10,13-27,29-30,32H2,1-2H3,(H,49,54). The van der Waals surface area contributed by atoms with Crippen LogP contribution in [0.3, 0.4) is 0 Å². The van der Waals surface area contributed by atoms with Crippen LogP contribution in [0.15, 0.2) is 41.8 Å². The number of aromatic nitrogens is 1. The molecule has 60 heavy (non-hydrogen) atoms. The van der Waals surface area contributed by atoms with E-state index in [0.29, 0.717) is 88.4 Å². The molecule has 0 radical (unpaired) electrons. The van der Waals surface area contributed by atoms with Gasteiger partial charge in [-0.3, -0.25) is 19.3 Å². The van der Waals surface area contributed by atoms with E-state index in [1.54, 1.807) is 17.4 Å². The zero-order valence-electron chi connectivity index (χ0n) is 35.6. The van der Waals surface area contributed by atoms with Gasteiger partial charge in [-0.1, -0.05) is 63.4 Å². The van der Waals surface area contributed by atoms with Gasteiger partial charge in [-0.15, -0.1) is 11.3 Å². The SMILES string of the molecule is CC(C)Cc1nc(C(=O)N2CCOC3(CCN(Cc4cccc(CCOCCC(=O)N(CCNCCc5ccc(O)c6c5OCC(=O)N6)C5CCCCC5)c4)CC3)C2)cs1. The fourth-order valence-electron chi connectivity index (χ4n) is 9.05. The molecule has 13 nitrogen and oxygen atoms in total. The molecule has 1 aromatic heterocycles. The van der Waals surface area contributed by atoms with E-state index in [2.05, 4.69) is 63.5 Å². The predicted molar refractivity (Wildman–Crippen MR) is 233 cm³/mol. The Morgan fingerprint density at radius 3 is 2.70 bits per heavy atom. The molecular weight excluding hydrogens is 781 g/mol. The maximum atomic E-state index is 13.6. The van der Waals surface area contributed by atoms with Crippen LogP contribution in [0, 0.1) is 5.92 Å². The number of morpholine rings is 1. The number of thiazole rings is 1. The molecule has 3 fully saturated rings. The van der Waals surface area contributed by atoms with Crippen LogP contribution in [0.5, 0.6) is 11.5 Å². The lowest BCUT2D eigenvalue weighted by Gasteiger charge is -2.47. The van der Waals surface area contributed by atoms with Crippen molar-refractivity contribution in [3.8, 4) is 11.5 Å². The van der Waals surface area contributed by atoms with Gasteiger partial charge in [0.2, 0.25) is 5.91 Å². The van der Waals surface area contributed by atoms with Crippen LogP contribution >= 0.6 is 11.3 Å². The number of hydrogen-bond acceptors (Lipinski definition) is 11. The highest BCUT2D eigenvalue weighted by atomic mass is 32.1. The van der Waals surface area contributed by atoms with E-state index in [0.717, 1.165) is 81.6 Å². The van der Waals surface area contributed by atoms with Gasteiger partial charge in [-0.25, -0.2) is 4.98 Å². The van der Waals surface area contributed by atoms with Gasteiger partial charge >= 0.3 is 0 Å². The molecule has 0 atom stereocenters. The van der Waals surface area contributed by atoms with E-state index in [9.17, 15) is 19.5 Å². The molecule has 4 heterocycles. The smallest absolute Gasteiger partial charge is 0.273 e. The molecule has 7 rings (SSSR count). The molecule has 1 spiro atoms. The number of carbonyl (C=O) groups is 3. The van der Waals surface area contributed by atoms with Crippen molar-refractivity contribution in [1.29, 1.82) is 0 Å². The Balaban J connectivity index is 0.808. The molecule has 326 valence electrons. The molecule has 2 saturated heterocycles. The topological polar surface area (TPSA) is 146 Å². The van der Waals surface area contributed by atoms with E-state index in [-0.39, 0.29) is 41.7 Å². The van der Waals surface area contributed by atoms with Gasteiger partial charge in [0.15, 0.2) is 12.4 Å². The summed E-state index contributed by atoms with van der Waals surface area (Å²) in [5.74, 6) is 0.932. The Bertz CT molecular complexity index is 1910. The quantitative estimate of drug-likeness (QED) is 0.106. The van der Waals surface area contributed by atoms with Gasteiger partial charge in [0.1, 0.15) is 17.1 Å². The van der Waals surface area contributed by atoms with E-state index in [1.807, 2.05) is 16.3 Å². The second-order valence-corrected chi connectivity index (χ2v) is 18.3. The molecule has 3 aliphatic heterocycles. The summed E-state index contributed by atoms with van der Waals surface area (Å²) < 4.78 is 18.1. The fourth-order valence-corrected chi connectivity index (χ4v) is 10.0. The number of amides is 3. The van der Waals surface area contributed by atoms with Gasteiger partial charge in [-0.2, -0.15) is 0 Å². The van der Waals surface area contributed by atoms with E-state index in [4.69, 9.17) is 14.2 Å². The molecule has 14 heteroatoms. The van der Waals surface area contributed by atoms with Crippen LogP contribution in [0.25, 0.3) is 0 Å². The van der Waals surface area contributed by atoms with Gasteiger partial charge in [-0.05, 0) is 73.7 Å². The number of phenols is 1. The first-order valence-corrected chi connectivity index (χ1v) is 23.1. The van der Waals surface area contributed by atoms with Crippen molar-refractivity contribution < 1.29 is 33.7 Å². The van der Waals surface area contributed by atoms with E-state index in [1.165, 1.54) is 17.5 Å². The maximum Gasteiger partial charge on any atom is 0.273 e. The average Bonchev–Trinajstić information content (AvgIpc) is 3.71. The van der Waals surface area contributed by atoms with Crippen molar-refractivity contribution in [2.75, 3.05) is 77.6 Å². The van der Waals surface area contributed by atoms with Crippen molar-refractivity contribution in [3.05, 3.63) is 69.2 Å². The zero-order valence-corrected chi connectivity index (χ0v) is 36.4. The van der Waals surface area contributed by atoms with Crippen molar-refractivity contribution in [2.45, 2.75) is 103 Å². The Labute approximate surface area is 359 Å². The number of carbonyl (C=O) groups excluding carboxylic acids is 3. The van der Waals surface area contributed by atoms with Crippen LogP contribution in [-0.2, 0) is 44.9 Å². The van der Waals surface area contributed by atoms with Crippen LogP contribution in [0.2, 0.25) is 0 Å². The highest BCUT2D eigenvalue weighted by Crippen LogP contribution is 2.39. The van der Waals surface area contributed by atoms with Gasteiger partial charge in [0.05, 0.1) is 43.4 Å². The second kappa shape index (κ2) is 21.1. The molecule has 3 N–H and O–H groups in total. The number of fused-ring (bicyclic) bond motifs is 1. The highest BCUT2D eigenvalue weighted by Gasteiger charge is 2.41. The molecule has 0 unspecified atom stereocenters. The summed E-state index contributed by atoms with van der Waals surface area (Å²) in [5.41, 5.74) is 4.03. The number of rotatable bonds is 18. The van der Waals surface area contributed by atoms with E-state index >= 15 is 0 Å². The number of aromatic hydroxyl groups is 1. The Morgan fingerprint density at radius 1 is 1.07 bits per heavy atom. The Morgan fingerprint density at radius 2 is 1.88 bits per heavy atom. The summed E-state index contributed by atoms with van der Waals surface area (Å²) in [5, 5.41) is 19.3. The van der Waals surface area contributed by atoms with Crippen molar-refractivity contribution in [1.82, 2.24) is 25.0 Å². The summed E-state index contributed by atoms with van der Waals surface area (Å²) in [6.07, 6.45) is 10.1. The molecule has 0 bridgehead atoms. The number of piperidine rings is 1. The first kappa shape index (κ1) is 44.0. The number of nitrogens with zero attached hydrogens (tertiary/aromatic N) is 4. The van der Waals surface area contributed by atoms with Gasteiger partial charge < -0.3 is 39.8 Å². The Kier molecular flexibility index (Phi) is 15.5. The zero-order chi connectivity index (χ0) is 41.9. The van der Waals surface area contributed by atoms with Crippen LogP contribution in [0.4, 0.5) is 5.69 Å². The lowest BCUT2D eigenvalue weighted by molar-refractivity contribution is -0.135. The number of likely N-dealkylation sites (tertiary alicyclic amines) is 1. The third-order valence-electron chi connectivity index (χ3n) is 12.3. The first-order valence-electron chi connectivity index (χ1n) is 22.2. The minimum atomic E-state index is -0.291. The van der Waals surface area contributed by atoms with Crippen LogP contribution < -0.4 is 15.4 Å². The van der Waals surface area contributed by atoms with Crippen molar-refractivity contribution >= 4 is 34.7 Å². The van der Waals surface area contributed by atoms with Crippen LogP contribution in [0.1, 0.15) is 97.4 Å². The maximum absolute atomic E-state index is 13.6. The minimum absolute atomic E-state index is 0.00410. The summed E-state index contributed by atoms with van der Waals surface area (Å²) in [4.78, 5) is 49.9. The molecule has 3 amide bonds. The van der Waals surface area contributed by atoms with Gasteiger partial charge in [0, 0.05) is 57.1 Å². The first-order chi connectivity index (χ1) is 29.1. The third-order valence-corrected chi connectivity index (χ3v) is 13.2. The summed E-state index contributed by atoms with van der Waals surface area (Å²) >= 11 is 1.58. The molecule has 2 aromatic carbocycles. The second-order valence-electron chi connectivity index (χ2n) is 17.4. The normalized spacial score (nSPS) is 18.3. The Hall–Kier alpha value is -4.08. The van der Waals surface area contributed by atoms with Crippen molar-refractivity contribution in [2.24, 2.45) is 5.92 Å². The number of nitrogens with one attached hydrogen (secondary N) is 2. The van der Waals surface area contributed by atoms with Crippen molar-refractivity contribution in [3.63, 3.8) is 0 Å². The predicted octanol–water partition coefficient (Wildman–Crippen LogP) is 5.83. The molecule has 1 aliphatic carbocycles. The lowest BCUT2D eigenvalue weighted by atomic mass is 9.89. The number of phenolic OH excluding ortho intramolecular Hbond substituents is 1. The summed E-state index contributed by atoms with van der Waals surface area (Å²) in [7, 11) is 0. The molecule has 1 saturated carbocycles. The molecule has 4 aliphatic rings. The lowest BCUT2D eigenvalue weighted by Crippen LogP contribution is -2.58. The average molecular weight is 845 g/mol. The third kappa shape index (κ3) is 11.8. The number of anilines is 1. The largest absolute Gasteiger partial charge is 0.506 e. The van der Waals surface area contributed by atoms with Crippen LogP contribution in [-0.4, -0.2) is 126 Å². The summed E-state index contributed by atoms with van der Waals surface area (Å²) in [6.45, 7) is 11.8. The minimum Gasteiger partial charge on any atom is -0.506 e. The number of ether oxygens (including phenoxy) is 3. The number of hydrogen-bond donors (Lipinski definition) is 3. The summed E-state index contributed by atoms with van der Waals surface area (Å²) in [6, 6.07) is 12.4. The fraction of sp³-hybridized carbons (Fsp3) is 0.609. The number of benzene rings is 2. The highest BCUT2D eigenvalue weighted by molar-refractivity contribution is 7.09. The van der Waals surface area contributed by atoms with Gasteiger partial charge in [0.25, 0.3) is 11.8 Å². The van der Waals surface area contributed by atoms with E-state index < -0.39 is 0 Å².